The van der Waals surface area contributed by atoms with Gasteiger partial charge in [-0.1, -0.05) is 19.1 Å². The Kier molecular flexibility index (Phi) is 6.77. The first-order valence-electron chi connectivity index (χ1n) is 4.07. The lowest BCUT2D eigenvalue weighted by atomic mass is 10.2. The molecule has 0 rings (SSSR count). The van der Waals surface area contributed by atoms with Crippen molar-refractivity contribution in [2.24, 2.45) is 0 Å². The molecular formula is C9H19NS. The van der Waals surface area contributed by atoms with Gasteiger partial charge in [0.1, 0.15) is 0 Å². The van der Waals surface area contributed by atoms with Crippen LogP contribution in [0.5, 0.6) is 0 Å². The van der Waals surface area contributed by atoms with Crippen molar-refractivity contribution in [1.82, 2.24) is 5.32 Å². The van der Waals surface area contributed by atoms with Crippen LogP contribution in [0, 0.1) is 0 Å². The second-order valence-corrected chi connectivity index (χ2v) is 3.81. The zero-order valence-corrected chi connectivity index (χ0v) is 8.63. The van der Waals surface area contributed by atoms with Crippen LogP contribution in [0.15, 0.2) is 12.2 Å². The number of nitrogens with one attached hydrogen (secondary N) is 1. The number of thioether (sulfide) groups is 1. The van der Waals surface area contributed by atoms with E-state index in [-0.39, 0.29) is 0 Å². The summed E-state index contributed by atoms with van der Waals surface area (Å²) in [5.74, 6) is 1.20. The Labute approximate surface area is 74.6 Å². The maximum absolute atomic E-state index is 3.85. The van der Waals surface area contributed by atoms with Crippen molar-refractivity contribution in [1.29, 1.82) is 0 Å². The first kappa shape index (κ1) is 11.1. The van der Waals surface area contributed by atoms with Gasteiger partial charge in [-0.25, -0.2) is 0 Å². The molecule has 0 aromatic heterocycles. The lowest BCUT2D eigenvalue weighted by molar-refractivity contribution is 0.568. The van der Waals surface area contributed by atoms with Crippen LogP contribution in [-0.4, -0.2) is 24.6 Å². The summed E-state index contributed by atoms with van der Waals surface area (Å²) in [6.07, 6.45) is 3.35. The first-order chi connectivity index (χ1) is 5.20. The van der Waals surface area contributed by atoms with E-state index in [1.807, 2.05) is 11.8 Å². The predicted octanol–water partition coefficient (Wildman–Crippen LogP) is 2.29. The monoisotopic (exact) mass is 173 g/mol. The Balaban J connectivity index is 3.43. The SMILES string of the molecule is C=C(C)CNC(CC)CSC. The summed E-state index contributed by atoms with van der Waals surface area (Å²) in [6.45, 7) is 9.08. The van der Waals surface area contributed by atoms with Crippen LogP contribution < -0.4 is 5.32 Å². The van der Waals surface area contributed by atoms with E-state index in [1.165, 1.54) is 17.7 Å². The minimum atomic E-state index is 0.654. The molecule has 1 N–H and O–H groups in total. The molecule has 0 aliphatic heterocycles. The van der Waals surface area contributed by atoms with Crippen LogP contribution in [0.25, 0.3) is 0 Å². The smallest absolute Gasteiger partial charge is 0.0162 e. The van der Waals surface area contributed by atoms with E-state index in [0.717, 1.165) is 6.54 Å². The van der Waals surface area contributed by atoms with Gasteiger partial charge >= 0.3 is 0 Å². The molecule has 0 radical (unpaired) electrons. The number of rotatable bonds is 6. The van der Waals surface area contributed by atoms with Crippen molar-refractivity contribution in [3.63, 3.8) is 0 Å². The molecule has 0 heterocycles. The average molecular weight is 173 g/mol. The summed E-state index contributed by atoms with van der Waals surface area (Å²) in [6, 6.07) is 0.654. The average Bonchev–Trinajstić information content (AvgIpc) is 1.97. The molecule has 1 nitrogen and oxygen atoms in total. The first-order valence-corrected chi connectivity index (χ1v) is 5.46. The van der Waals surface area contributed by atoms with E-state index in [2.05, 4.69) is 32.0 Å². The highest BCUT2D eigenvalue weighted by Crippen LogP contribution is 2.01. The molecule has 0 saturated heterocycles. The summed E-state index contributed by atoms with van der Waals surface area (Å²) >= 11 is 1.89. The Hall–Kier alpha value is 0.0500. The van der Waals surface area contributed by atoms with Crippen molar-refractivity contribution >= 4 is 11.8 Å². The number of hydrogen-bond donors (Lipinski definition) is 1. The second kappa shape index (κ2) is 6.74. The van der Waals surface area contributed by atoms with E-state index < -0.39 is 0 Å². The molecule has 11 heavy (non-hydrogen) atoms. The molecule has 0 fully saturated rings. The molecule has 0 bridgehead atoms. The molecule has 0 saturated carbocycles. The van der Waals surface area contributed by atoms with Gasteiger partial charge in [-0.3, -0.25) is 0 Å². The molecule has 0 spiro atoms. The van der Waals surface area contributed by atoms with E-state index in [4.69, 9.17) is 0 Å². The summed E-state index contributed by atoms with van der Waals surface area (Å²) in [5, 5.41) is 3.45. The third-order valence-electron chi connectivity index (χ3n) is 1.55. The van der Waals surface area contributed by atoms with Crippen molar-refractivity contribution in [3.05, 3.63) is 12.2 Å². The highest BCUT2D eigenvalue weighted by atomic mass is 32.2. The van der Waals surface area contributed by atoms with Crippen molar-refractivity contribution in [2.45, 2.75) is 26.3 Å². The topological polar surface area (TPSA) is 12.0 Å². The Morgan fingerprint density at radius 2 is 2.27 bits per heavy atom. The lowest BCUT2D eigenvalue weighted by Gasteiger charge is -2.15. The maximum atomic E-state index is 3.85. The zero-order valence-electron chi connectivity index (χ0n) is 7.81. The van der Waals surface area contributed by atoms with E-state index in [0.29, 0.717) is 6.04 Å². The van der Waals surface area contributed by atoms with Crippen LogP contribution in [0.1, 0.15) is 20.3 Å². The summed E-state index contributed by atoms with van der Waals surface area (Å²) in [7, 11) is 0. The molecule has 0 aliphatic carbocycles. The minimum Gasteiger partial charge on any atom is -0.309 e. The molecule has 1 unspecified atom stereocenters. The summed E-state index contributed by atoms with van der Waals surface area (Å²) in [5.41, 5.74) is 1.21. The predicted molar refractivity (Wildman–Crippen MR) is 55.3 cm³/mol. The molecular weight excluding hydrogens is 154 g/mol. The fraction of sp³-hybridized carbons (Fsp3) is 0.778. The molecule has 2 heteroatoms. The van der Waals surface area contributed by atoms with Gasteiger partial charge in [0.05, 0.1) is 0 Å². The molecule has 0 aromatic rings. The normalized spacial score (nSPS) is 13.0. The zero-order chi connectivity index (χ0) is 8.69. The fourth-order valence-electron chi connectivity index (χ4n) is 0.841. The van der Waals surface area contributed by atoms with Gasteiger partial charge in [0.2, 0.25) is 0 Å². The van der Waals surface area contributed by atoms with E-state index >= 15 is 0 Å². The molecule has 66 valence electrons. The largest absolute Gasteiger partial charge is 0.309 e. The van der Waals surface area contributed by atoms with Gasteiger partial charge in [0, 0.05) is 18.3 Å². The van der Waals surface area contributed by atoms with Gasteiger partial charge in [-0.15, -0.1) is 0 Å². The molecule has 1 atom stereocenters. The standard InChI is InChI=1S/C9H19NS/c1-5-9(7-11-4)10-6-8(2)3/h9-10H,2,5-7H2,1,3-4H3. The second-order valence-electron chi connectivity index (χ2n) is 2.90. The number of hydrogen-bond acceptors (Lipinski definition) is 2. The van der Waals surface area contributed by atoms with Crippen molar-refractivity contribution in [2.75, 3.05) is 18.6 Å². The van der Waals surface area contributed by atoms with Gasteiger partial charge in [-0.2, -0.15) is 11.8 Å². The van der Waals surface area contributed by atoms with Crippen molar-refractivity contribution in [3.8, 4) is 0 Å². The van der Waals surface area contributed by atoms with Crippen LogP contribution in [-0.2, 0) is 0 Å². The van der Waals surface area contributed by atoms with Crippen molar-refractivity contribution < 1.29 is 0 Å². The summed E-state index contributed by atoms with van der Waals surface area (Å²) < 4.78 is 0. The van der Waals surface area contributed by atoms with E-state index in [9.17, 15) is 0 Å². The quantitative estimate of drug-likeness (QED) is 0.619. The Bertz CT molecular complexity index is 112. The highest BCUT2D eigenvalue weighted by Gasteiger charge is 2.02. The molecule has 0 aromatic carbocycles. The maximum Gasteiger partial charge on any atom is 0.0162 e. The highest BCUT2D eigenvalue weighted by molar-refractivity contribution is 7.98. The van der Waals surface area contributed by atoms with Crippen LogP contribution in [0.2, 0.25) is 0 Å². The minimum absolute atomic E-state index is 0.654. The molecule has 0 aliphatic rings. The van der Waals surface area contributed by atoms with Crippen LogP contribution >= 0.6 is 11.8 Å². The van der Waals surface area contributed by atoms with Gasteiger partial charge in [0.25, 0.3) is 0 Å². The third kappa shape index (κ3) is 6.45. The van der Waals surface area contributed by atoms with E-state index in [1.54, 1.807) is 0 Å². The van der Waals surface area contributed by atoms with Gasteiger partial charge < -0.3 is 5.32 Å². The van der Waals surface area contributed by atoms with Crippen LogP contribution in [0.4, 0.5) is 0 Å². The van der Waals surface area contributed by atoms with Gasteiger partial charge in [-0.05, 0) is 19.6 Å². The third-order valence-corrected chi connectivity index (χ3v) is 2.29. The molecule has 0 amide bonds. The lowest BCUT2D eigenvalue weighted by Crippen LogP contribution is -2.31. The van der Waals surface area contributed by atoms with Crippen LogP contribution in [0.3, 0.4) is 0 Å². The summed E-state index contributed by atoms with van der Waals surface area (Å²) in [4.78, 5) is 0. The Morgan fingerprint density at radius 3 is 2.64 bits per heavy atom. The fourth-order valence-corrected chi connectivity index (χ4v) is 1.60. The Morgan fingerprint density at radius 1 is 1.64 bits per heavy atom. The van der Waals surface area contributed by atoms with Gasteiger partial charge in [0.15, 0.2) is 0 Å².